The number of hydrogen-bond donors (Lipinski definition) is 1. The second kappa shape index (κ2) is 12.4. The topological polar surface area (TPSA) is 58.6 Å². The highest BCUT2D eigenvalue weighted by atomic mass is 35.5. The second-order valence-electron chi connectivity index (χ2n) is 7.78. The molecule has 1 N–H and O–H groups in total. The van der Waals surface area contributed by atoms with Gasteiger partial charge in [0.25, 0.3) is 5.91 Å². The molecule has 0 saturated carbocycles. The van der Waals surface area contributed by atoms with Gasteiger partial charge in [-0.1, -0.05) is 61.7 Å². The molecule has 6 heteroatoms. The summed E-state index contributed by atoms with van der Waals surface area (Å²) in [5.74, 6) is 0.218. The molecule has 5 nitrogen and oxygen atoms in total. The first-order valence-electron chi connectivity index (χ1n) is 10.9. The third kappa shape index (κ3) is 7.59. The minimum Gasteiger partial charge on any atom is -0.484 e. The molecule has 2 aromatic carbocycles. The van der Waals surface area contributed by atoms with Gasteiger partial charge in [-0.25, -0.2) is 0 Å². The van der Waals surface area contributed by atoms with Gasteiger partial charge in [0.1, 0.15) is 11.8 Å². The molecule has 0 fully saturated rings. The molecule has 0 aliphatic heterocycles. The summed E-state index contributed by atoms with van der Waals surface area (Å²) in [5, 5.41) is 3.61. The molecule has 2 rings (SSSR count). The SMILES string of the molecule is CCCCNC(=O)C(CC)N(Cc1ccc(C)cc1)C(=O)COc1ccc(Cl)c(C)c1. The normalized spacial score (nSPS) is 11.6. The molecule has 0 aliphatic carbocycles. The van der Waals surface area contributed by atoms with Crippen LogP contribution < -0.4 is 10.1 Å². The van der Waals surface area contributed by atoms with E-state index in [1.165, 1.54) is 0 Å². The molecule has 2 aromatic rings. The Kier molecular flexibility index (Phi) is 9.86. The van der Waals surface area contributed by atoms with Crippen LogP contribution in [0.25, 0.3) is 0 Å². The van der Waals surface area contributed by atoms with Crippen LogP contribution in [-0.2, 0) is 16.1 Å². The number of nitrogens with zero attached hydrogens (tertiary/aromatic N) is 1. The number of rotatable bonds is 11. The van der Waals surface area contributed by atoms with Gasteiger partial charge in [0, 0.05) is 18.1 Å². The zero-order valence-electron chi connectivity index (χ0n) is 18.9. The maximum absolute atomic E-state index is 13.2. The van der Waals surface area contributed by atoms with Gasteiger partial charge in [-0.05, 0) is 56.0 Å². The number of aryl methyl sites for hydroxylation is 2. The number of hydrogen-bond acceptors (Lipinski definition) is 3. The van der Waals surface area contributed by atoms with Gasteiger partial charge < -0.3 is 15.0 Å². The van der Waals surface area contributed by atoms with Crippen LogP contribution in [0.3, 0.4) is 0 Å². The van der Waals surface area contributed by atoms with E-state index in [0.717, 1.165) is 29.5 Å². The van der Waals surface area contributed by atoms with Crippen LogP contribution in [-0.4, -0.2) is 35.9 Å². The van der Waals surface area contributed by atoms with E-state index in [9.17, 15) is 9.59 Å². The molecule has 0 aromatic heterocycles. The van der Waals surface area contributed by atoms with Crippen molar-refractivity contribution >= 4 is 23.4 Å². The maximum Gasteiger partial charge on any atom is 0.261 e. The lowest BCUT2D eigenvalue weighted by atomic mass is 10.1. The fourth-order valence-electron chi connectivity index (χ4n) is 3.25. The minimum absolute atomic E-state index is 0.126. The molecule has 0 bridgehead atoms. The average molecular weight is 445 g/mol. The summed E-state index contributed by atoms with van der Waals surface area (Å²) in [7, 11) is 0. The van der Waals surface area contributed by atoms with E-state index in [2.05, 4.69) is 12.2 Å². The molecule has 0 aliphatic rings. The molecule has 0 spiro atoms. The quantitative estimate of drug-likeness (QED) is 0.493. The highest BCUT2D eigenvalue weighted by Crippen LogP contribution is 2.21. The molecule has 0 heterocycles. The number of nitrogens with one attached hydrogen (secondary N) is 1. The zero-order valence-corrected chi connectivity index (χ0v) is 19.7. The second-order valence-corrected chi connectivity index (χ2v) is 8.18. The third-order valence-electron chi connectivity index (χ3n) is 5.18. The van der Waals surface area contributed by atoms with E-state index in [4.69, 9.17) is 16.3 Å². The van der Waals surface area contributed by atoms with Crippen molar-refractivity contribution in [2.45, 2.75) is 59.5 Å². The van der Waals surface area contributed by atoms with Crippen molar-refractivity contribution in [1.82, 2.24) is 10.2 Å². The summed E-state index contributed by atoms with van der Waals surface area (Å²) in [4.78, 5) is 27.6. The third-order valence-corrected chi connectivity index (χ3v) is 5.60. The molecule has 2 amide bonds. The first-order chi connectivity index (χ1) is 14.8. The summed E-state index contributed by atoms with van der Waals surface area (Å²) in [6.45, 7) is 8.71. The van der Waals surface area contributed by atoms with Crippen LogP contribution >= 0.6 is 11.6 Å². The molecule has 0 radical (unpaired) electrons. The van der Waals surface area contributed by atoms with Crippen LogP contribution in [0.2, 0.25) is 5.02 Å². The molecule has 0 saturated heterocycles. The molecular weight excluding hydrogens is 412 g/mol. The van der Waals surface area contributed by atoms with E-state index in [1.54, 1.807) is 23.1 Å². The Morgan fingerprint density at radius 1 is 1.10 bits per heavy atom. The lowest BCUT2D eigenvalue weighted by molar-refractivity contribution is -0.143. The average Bonchev–Trinajstić information content (AvgIpc) is 2.75. The van der Waals surface area contributed by atoms with E-state index in [-0.39, 0.29) is 18.4 Å². The van der Waals surface area contributed by atoms with Gasteiger partial charge in [-0.3, -0.25) is 9.59 Å². The number of carbonyl (C=O) groups excluding carboxylic acids is 2. The molecule has 168 valence electrons. The highest BCUT2D eigenvalue weighted by molar-refractivity contribution is 6.31. The van der Waals surface area contributed by atoms with Gasteiger partial charge in [0.15, 0.2) is 6.61 Å². The van der Waals surface area contributed by atoms with Crippen LogP contribution in [0.1, 0.15) is 49.8 Å². The number of ether oxygens (including phenoxy) is 1. The van der Waals surface area contributed by atoms with Gasteiger partial charge in [-0.2, -0.15) is 0 Å². The lowest BCUT2D eigenvalue weighted by Gasteiger charge is -2.30. The standard InChI is InChI=1S/C25H33ClN2O3/c1-5-7-14-27-25(30)23(6-2)28(16-20-10-8-18(3)9-11-20)24(29)17-31-21-12-13-22(26)19(4)15-21/h8-13,15,23H,5-7,14,16-17H2,1-4H3,(H,27,30). The van der Waals surface area contributed by atoms with Crippen molar-refractivity contribution in [3.63, 3.8) is 0 Å². The van der Waals surface area contributed by atoms with Crippen LogP contribution in [0, 0.1) is 13.8 Å². The van der Waals surface area contributed by atoms with Gasteiger partial charge in [-0.15, -0.1) is 0 Å². The Hall–Kier alpha value is -2.53. The Morgan fingerprint density at radius 3 is 2.42 bits per heavy atom. The van der Waals surface area contributed by atoms with E-state index in [1.807, 2.05) is 45.0 Å². The largest absolute Gasteiger partial charge is 0.484 e. The number of unbranched alkanes of at least 4 members (excludes halogenated alkanes) is 1. The summed E-state index contributed by atoms with van der Waals surface area (Å²) in [6, 6.07) is 12.7. The van der Waals surface area contributed by atoms with E-state index >= 15 is 0 Å². The van der Waals surface area contributed by atoms with Crippen LogP contribution in [0.5, 0.6) is 5.75 Å². The van der Waals surface area contributed by atoms with Crippen molar-refractivity contribution in [3.8, 4) is 5.75 Å². The Bertz CT molecular complexity index is 868. The molecule has 1 unspecified atom stereocenters. The summed E-state index contributed by atoms with van der Waals surface area (Å²) >= 11 is 6.07. The van der Waals surface area contributed by atoms with Crippen LogP contribution in [0.15, 0.2) is 42.5 Å². The first kappa shape index (κ1) is 24.7. The number of halogens is 1. The summed E-state index contributed by atoms with van der Waals surface area (Å²) in [5.41, 5.74) is 3.00. The van der Waals surface area contributed by atoms with E-state index < -0.39 is 6.04 Å². The minimum atomic E-state index is -0.554. The fraction of sp³-hybridized carbons (Fsp3) is 0.440. The molecule has 1 atom stereocenters. The monoisotopic (exact) mass is 444 g/mol. The fourth-order valence-corrected chi connectivity index (χ4v) is 3.37. The van der Waals surface area contributed by atoms with Gasteiger partial charge in [0.05, 0.1) is 0 Å². The zero-order chi connectivity index (χ0) is 22.8. The van der Waals surface area contributed by atoms with E-state index in [0.29, 0.717) is 30.3 Å². The predicted molar refractivity (Wildman–Crippen MR) is 125 cm³/mol. The first-order valence-corrected chi connectivity index (χ1v) is 11.2. The van der Waals surface area contributed by atoms with Crippen molar-refractivity contribution < 1.29 is 14.3 Å². The lowest BCUT2D eigenvalue weighted by Crippen LogP contribution is -2.50. The Morgan fingerprint density at radius 2 is 1.81 bits per heavy atom. The van der Waals surface area contributed by atoms with Crippen molar-refractivity contribution in [2.75, 3.05) is 13.2 Å². The maximum atomic E-state index is 13.2. The van der Waals surface area contributed by atoms with Crippen LogP contribution in [0.4, 0.5) is 0 Å². The van der Waals surface area contributed by atoms with Crippen molar-refractivity contribution in [3.05, 3.63) is 64.2 Å². The summed E-state index contributed by atoms with van der Waals surface area (Å²) < 4.78 is 5.73. The number of benzene rings is 2. The van der Waals surface area contributed by atoms with Crippen molar-refractivity contribution in [1.29, 1.82) is 0 Å². The molecular formula is C25H33ClN2O3. The number of carbonyl (C=O) groups is 2. The smallest absolute Gasteiger partial charge is 0.261 e. The van der Waals surface area contributed by atoms with Crippen molar-refractivity contribution in [2.24, 2.45) is 0 Å². The predicted octanol–water partition coefficient (Wildman–Crippen LogP) is 5.06. The molecule has 31 heavy (non-hydrogen) atoms. The highest BCUT2D eigenvalue weighted by Gasteiger charge is 2.28. The Labute approximate surface area is 190 Å². The van der Waals surface area contributed by atoms with Gasteiger partial charge >= 0.3 is 0 Å². The van der Waals surface area contributed by atoms with Gasteiger partial charge in [0.2, 0.25) is 5.91 Å². The number of amides is 2. The summed E-state index contributed by atoms with van der Waals surface area (Å²) in [6.07, 6.45) is 2.43. The Balaban J connectivity index is 2.17.